The van der Waals surface area contributed by atoms with Crippen LogP contribution >= 0.6 is 0 Å². The Labute approximate surface area is 279 Å². The second-order valence-electron chi connectivity index (χ2n) is 15.0. The van der Waals surface area contributed by atoms with E-state index in [1.807, 2.05) is 24.3 Å². The first-order chi connectivity index (χ1) is 22.5. The van der Waals surface area contributed by atoms with Gasteiger partial charge >= 0.3 is 6.09 Å². The topological polar surface area (TPSA) is 80.3 Å². The summed E-state index contributed by atoms with van der Waals surface area (Å²) < 4.78 is 18.6. The van der Waals surface area contributed by atoms with Crippen molar-refractivity contribution in [3.05, 3.63) is 108 Å². The highest BCUT2D eigenvalue weighted by atomic mass is 16.7. The van der Waals surface area contributed by atoms with Crippen LogP contribution in [-0.4, -0.2) is 47.9 Å². The average Bonchev–Trinajstić information content (AvgIpc) is 3.30. The fraction of sp³-hybridized carbons (Fsp3) is 0.475. The molecule has 0 spiro atoms. The van der Waals surface area contributed by atoms with Crippen LogP contribution in [0.1, 0.15) is 81.6 Å². The van der Waals surface area contributed by atoms with Gasteiger partial charge in [0.15, 0.2) is 6.29 Å². The molecule has 0 radical (unpaired) electrons. The van der Waals surface area contributed by atoms with E-state index in [0.717, 1.165) is 46.5 Å². The highest BCUT2D eigenvalue weighted by Gasteiger charge is 2.51. The highest BCUT2D eigenvalue weighted by molar-refractivity contribution is 5.68. The first kappa shape index (κ1) is 33.4. The summed E-state index contributed by atoms with van der Waals surface area (Å²) in [7, 11) is 0. The van der Waals surface area contributed by atoms with Crippen molar-refractivity contribution in [3.8, 4) is 11.1 Å². The molecule has 2 heterocycles. The molecule has 1 aliphatic carbocycles. The molecule has 2 unspecified atom stereocenters. The molecule has 250 valence electrons. The third-order valence-electron chi connectivity index (χ3n) is 10.3. The normalized spacial score (nSPS) is 28.5. The zero-order valence-electron chi connectivity index (χ0n) is 28.3. The van der Waals surface area contributed by atoms with E-state index in [0.29, 0.717) is 23.4 Å². The molecule has 1 saturated carbocycles. The number of ether oxygens (including phenoxy) is 3. The van der Waals surface area contributed by atoms with E-state index in [4.69, 9.17) is 14.2 Å². The maximum Gasteiger partial charge on any atom is 0.407 e. The summed E-state index contributed by atoms with van der Waals surface area (Å²) in [6, 6.07) is 25.3. The van der Waals surface area contributed by atoms with E-state index in [2.05, 4.69) is 93.0 Å². The molecule has 47 heavy (non-hydrogen) atoms. The number of aliphatic hydroxyl groups is 1. The smallest absolute Gasteiger partial charge is 0.407 e. The summed E-state index contributed by atoms with van der Waals surface area (Å²) in [5.74, 6) is 0.150. The number of carbonyl (C=O) groups excluding carboxylic acids is 1. The van der Waals surface area contributed by atoms with E-state index < -0.39 is 12.4 Å². The Hall–Kier alpha value is -3.49. The lowest BCUT2D eigenvalue weighted by Gasteiger charge is -2.43. The third kappa shape index (κ3) is 7.81. The number of carbonyl (C=O) groups is 1. The molecule has 6 atom stereocenters. The average molecular weight is 639 g/mol. The number of likely N-dealkylation sites (tertiary alicyclic amines) is 1. The van der Waals surface area contributed by atoms with Crippen molar-refractivity contribution < 1.29 is 24.1 Å². The molecule has 3 aromatic carbocycles. The van der Waals surface area contributed by atoms with Crippen LogP contribution in [0.2, 0.25) is 0 Å². The third-order valence-corrected chi connectivity index (χ3v) is 10.3. The fourth-order valence-electron chi connectivity index (χ4n) is 8.40. The molecule has 2 aliphatic heterocycles. The number of nitrogens with one attached hydrogen (secondary N) is 1. The standard InChI is InChI=1S/C40H50N2O5/c1-6-18-45-38(44)41-22-29-8-7-9-33(19-29)30-14-16-32(17-15-30)37-46-35(23-42-26-40(5)21-34(42)20-39(3,4)25-40)27(2)36(47-37)31-12-10-28(24-43)11-13-31/h6-17,19,27,34-37,43H,1,18,20-26H2,2-5H3,(H,41,44)/t27-,34?,35+,36+,37+,40?/m1/s1. The predicted molar refractivity (Wildman–Crippen MR) is 184 cm³/mol. The second kappa shape index (κ2) is 13.9. The van der Waals surface area contributed by atoms with Crippen LogP contribution in [0.4, 0.5) is 4.79 Å². The van der Waals surface area contributed by atoms with Gasteiger partial charge in [-0.25, -0.2) is 4.79 Å². The van der Waals surface area contributed by atoms with Crippen LogP contribution in [0.25, 0.3) is 11.1 Å². The molecule has 7 nitrogen and oxygen atoms in total. The number of fused-ring (bicyclic) bond motifs is 2. The van der Waals surface area contributed by atoms with Gasteiger partial charge in [0.25, 0.3) is 0 Å². The van der Waals surface area contributed by atoms with Crippen molar-refractivity contribution in [2.75, 3.05) is 19.7 Å². The van der Waals surface area contributed by atoms with Gasteiger partial charge in [-0.2, -0.15) is 0 Å². The van der Waals surface area contributed by atoms with Crippen molar-refractivity contribution in [2.24, 2.45) is 16.7 Å². The van der Waals surface area contributed by atoms with Gasteiger partial charge in [-0.1, -0.05) is 107 Å². The van der Waals surface area contributed by atoms with Crippen LogP contribution in [0, 0.1) is 16.7 Å². The molecule has 3 fully saturated rings. The molecule has 7 heteroatoms. The van der Waals surface area contributed by atoms with Gasteiger partial charge < -0.3 is 24.6 Å². The zero-order valence-corrected chi connectivity index (χ0v) is 28.3. The zero-order chi connectivity index (χ0) is 33.2. The first-order valence-corrected chi connectivity index (χ1v) is 17.0. The summed E-state index contributed by atoms with van der Waals surface area (Å²) >= 11 is 0. The van der Waals surface area contributed by atoms with Gasteiger partial charge in [0, 0.05) is 37.2 Å². The van der Waals surface area contributed by atoms with E-state index >= 15 is 0 Å². The van der Waals surface area contributed by atoms with E-state index in [1.165, 1.54) is 19.3 Å². The molecule has 2 saturated heterocycles. The molecular weight excluding hydrogens is 588 g/mol. The summed E-state index contributed by atoms with van der Waals surface area (Å²) in [6.45, 7) is 15.7. The second-order valence-corrected chi connectivity index (χ2v) is 15.0. The van der Waals surface area contributed by atoms with Gasteiger partial charge in [0.05, 0.1) is 18.8 Å². The SMILES string of the molecule is C=CCOC(=O)NCc1cccc(-c2ccc([C@H]3O[C@@H](CN4CC5(C)CC4CC(C)(C)C5)[C@@H](C)[C@@H](c4ccc(CO)cc4)O3)cc2)c1. The number of benzene rings is 3. The number of amides is 1. The molecular formula is C40H50N2O5. The Balaban J connectivity index is 1.20. The Morgan fingerprint density at radius 2 is 1.74 bits per heavy atom. The van der Waals surface area contributed by atoms with Gasteiger partial charge in [-0.3, -0.25) is 4.90 Å². The molecule has 0 aromatic heterocycles. The minimum Gasteiger partial charge on any atom is -0.445 e. The van der Waals surface area contributed by atoms with Crippen molar-refractivity contribution in [3.63, 3.8) is 0 Å². The predicted octanol–water partition coefficient (Wildman–Crippen LogP) is 7.95. The molecule has 3 aliphatic rings. The number of nitrogens with zero attached hydrogens (tertiary/aromatic N) is 1. The first-order valence-electron chi connectivity index (χ1n) is 17.0. The number of alkyl carbamates (subject to hydrolysis) is 1. The molecule has 1 amide bonds. The van der Waals surface area contributed by atoms with Crippen LogP contribution < -0.4 is 5.32 Å². The quantitative estimate of drug-likeness (QED) is 0.220. The molecule has 2 bridgehead atoms. The van der Waals surface area contributed by atoms with Crippen molar-refractivity contribution in [1.82, 2.24) is 10.2 Å². The van der Waals surface area contributed by atoms with E-state index in [9.17, 15) is 9.90 Å². The van der Waals surface area contributed by atoms with Gasteiger partial charge in [-0.15, -0.1) is 0 Å². The Morgan fingerprint density at radius 1 is 1.00 bits per heavy atom. The Bertz CT molecular complexity index is 1540. The number of hydrogen-bond donors (Lipinski definition) is 2. The summed E-state index contributed by atoms with van der Waals surface area (Å²) in [4.78, 5) is 14.6. The van der Waals surface area contributed by atoms with Crippen molar-refractivity contribution in [2.45, 2.75) is 84.6 Å². The monoisotopic (exact) mass is 638 g/mol. The van der Waals surface area contributed by atoms with Crippen LogP contribution in [0.3, 0.4) is 0 Å². The molecule has 3 aromatic rings. The lowest BCUT2D eigenvalue weighted by Crippen LogP contribution is -2.46. The van der Waals surface area contributed by atoms with E-state index in [-0.39, 0.29) is 31.3 Å². The largest absolute Gasteiger partial charge is 0.445 e. The number of hydrogen-bond acceptors (Lipinski definition) is 6. The van der Waals surface area contributed by atoms with Gasteiger partial charge in [-0.05, 0) is 64.0 Å². The van der Waals surface area contributed by atoms with Crippen LogP contribution in [0.15, 0.2) is 85.5 Å². The van der Waals surface area contributed by atoms with Crippen molar-refractivity contribution >= 4 is 6.09 Å². The van der Waals surface area contributed by atoms with Gasteiger partial charge in [0.2, 0.25) is 0 Å². The Morgan fingerprint density at radius 3 is 2.47 bits per heavy atom. The lowest BCUT2D eigenvalue weighted by atomic mass is 9.65. The lowest BCUT2D eigenvalue weighted by molar-refractivity contribution is -0.276. The fourth-order valence-corrected chi connectivity index (χ4v) is 8.40. The molecule has 2 N–H and O–H groups in total. The Kier molecular flexibility index (Phi) is 9.90. The minimum absolute atomic E-state index is 0.00404. The van der Waals surface area contributed by atoms with Crippen LogP contribution in [-0.2, 0) is 27.4 Å². The number of aliphatic hydroxyl groups excluding tert-OH is 1. The maximum absolute atomic E-state index is 11.9. The highest BCUT2D eigenvalue weighted by Crippen LogP contribution is 2.53. The summed E-state index contributed by atoms with van der Waals surface area (Å²) in [5.41, 5.74) is 6.82. The van der Waals surface area contributed by atoms with Crippen LogP contribution in [0.5, 0.6) is 0 Å². The van der Waals surface area contributed by atoms with E-state index in [1.54, 1.807) is 6.08 Å². The van der Waals surface area contributed by atoms with Gasteiger partial charge in [0.1, 0.15) is 6.61 Å². The van der Waals surface area contributed by atoms with Crippen molar-refractivity contribution in [1.29, 1.82) is 0 Å². The number of rotatable bonds is 10. The molecule has 6 rings (SSSR count). The maximum atomic E-state index is 11.9. The minimum atomic E-state index is -0.501. The summed E-state index contributed by atoms with van der Waals surface area (Å²) in [6.07, 6.45) is 4.21. The summed E-state index contributed by atoms with van der Waals surface area (Å²) in [5, 5.41) is 12.4.